The van der Waals surface area contributed by atoms with Crippen LogP contribution in [0.5, 0.6) is 5.75 Å². The van der Waals surface area contributed by atoms with E-state index in [-0.39, 0.29) is 11.9 Å². The van der Waals surface area contributed by atoms with Crippen molar-refractivity contribution >= 4 is 22.7 Å². The molecule has 2 atom stereocenters. The molecule has 32 heavy (non-hydrogen) atoms. The minimum atomic E-state index is -1.02. The van der Waals surface area contributed by atoms with E-state index in [4.69, 9.17) is 9.94 Å². The molecule has 1 aliphatic carbocycles. The highest BCUT2D eigenvalue weighted by Gasteiger charge is 2.64. The largest absolute Gasteiger partial charge is 0.489 e. The summed E-state index contributed by atoms with van der Waals surface area (Å²) < 4.78 is 6.09. The second-order valence-electron chi connectivity index (χ2n) is 8.59. The molecule has 1 heterocycles. The zero-order valence-electron chi connectivity index (χ0n) is 18.4. The van der Waals surface area contributed by atoms with Gasteiger partial charge in [0.15, 0.2) is 0 Å². The predicted octanol–water partition coefficient (Wildman–Crippen LogP) is 3.41. The van der Waals surface area contributed by atoms with Crippen LogP contribution in [0.1, 0.15) is 37.1 Å². The first-order valence-electron chi connectivity index (χ1n) is 10.7. The average molecular weight is 434 g/mol. The number of carbonyl (C=O) groups is 2. The summed E-state index contributed by atoms with van der Waals surface area (Å²) in [6.45, 7) is 6.04. The number of hydrogen-bond acceptors (Lipinski definition) is 5. The Morgan fingerprint density at radius 3 is 2.72 bits per heavy atom. The highest BCUT2D eigenvalue weighted by Crippen LogP contribution is 2.55. The number of aromatic nitrogens is 1. The summed E-state index contributed by atoms with van der Waals surface area (Å²) in [6, 6.07) is 17.1. The van der Waals surface area contributed by atoms with Crippen molar-refractivity contribution < 1.29 is 19.5 Å². The summed E-state index contributed by atoms with van der Waals surface area (Å²) >= 11 is 0. The summed E-state index contributed by atoms with van der Waals surface area (Å²) in [7, 11) is 0. The van der Waals surface area contributed by atoms with Gasteiger partial charge in [-0.3, -0.25) is 19.8 Å². The second-order valence-corrected chi connectivity index (χ2v) is 8.59. The molecule has 1 fully saturated rings. The van der Waals surface area contributed by atoms with E-state index in [1.165, 1.54) is 0 Å². The number of hydroxylamine groups is 1. The van der Waals surface area contributed by atoms with Crippen LogP contribution in [0, 0.1) is 12.8 Å². The zero-order chi connectivity index (χ0) is 22.9. The number of amides is 2. The summed E-state index contributed by atoms with van der Waals surface area (Å²) in [5.41, 5.74) is 4.21. The van der Waals surface area contributed by atoms with Gasteiger partial charge in [-0.1, -0.05) is 30.3 Å². The smallest absolute Gasteiger partial charge is 0.247 e. The van der Waals surface area contributed by atoms with Crippen LogP contribution in [-0.4, -0.2) is 28.0 Å². The number of benzene rings is 2. The number of nitrogens with one attached hydrogen (secondary N) is 2. The summed E-state index contributed by atoms with van der Waals surface area (Å²) in [6.07, 6.45) is 0.329. The molecule has 7 nitrogen and oxygen atoms in total. The fourth-order valence-electron chi connectivity index (χ4n) is 4.29. The van der Waals surface area contributed by atoms with E-state index in [0.717, 1.165) is 22.2 Å². The maximum atomic E-state index is 13.0. The number of hydrogen-bond donors (Lipinski definition) is 3. The van der Waals surface area contributed by atoms with Gasteiger partial charge in [-0.2, -0.15) is 0 Å². The molecule has 1 aromatic heterocycles. The van der Waals surface area contributed by atoms with Crippen molar-refractivity contribution in [2.75, 3.05) is 0 Å². The molecule has 166 valence electrons. The van der Waals surface area contributed by atoms with E-state index in [1.807, 2.05) is 69.3 Å². The summed E-state index contributed by atoms with van der Waals surface area (Å²) in [5.74, 6) is -0.816. The molecule has 0 unspecified atom stereocenters. The molecule has 2 amide bonds. The van der Waals surface area contributed by atoms with Crippen molar-refractivity contribution in [3.63, 3.8) is 0 Å². The lowest BCUT2D eigenvalue weighted by atomic mass is 9.91. The average Bonchev–Trinajstić information content (AvgIpc) is 3.54. The molecule has 1 saturated carbocycles. The Balaban J connectivity index is 1.61. The predicted molar refractivity (Wildman–Crippen MR) is 120 cm³/mol. The number of pyridine rings is 1. The van der Waals surface area contributed by atoms with Crippen LogP contribution >= 0.6 is 0 Å². The third-order valence-corrected chi connectivity index (χ3v) is 5.89. The van der Waals surface area contributed by atoms with Gasteiger partial charge in [0.05, 0.1) is 16.8 Å². The zero-order valence-corrected chi connectivity index (χ0v) is 18.4. The lowest BCUT2D eigenvalue weighted by molar-refractivity contribution is -0.133. The van der Waals surface area contributed by atoms with Gasteiger partial charge in [0.2, 0.25) is 11.8 Å². The maximum absolute atomic E-state index is 13.0. The molecular weight excluding hydrogens is 406 g/mol. The number of rotatable bonds is 7. The molecule has 0 spiro atoms. The van der Waals surface area contributed by atoms with Crippen LogP contribution in [-0.2, 0) is 21.6 Å². The van der Waals surface area contributed by atoms with Crippen LogP contribution in [0.15, 0.2) is 54.6 Å². The highest BCUT2D eigenvalue weighted by molar-refractivity contribution is 6.00. The lowest BCUT2D eigenvalue weighted by Gasteiger charge is -2.20. The first-order valence-corrected chi connectivity index (χ1v) is 10.7. The Labute approximate surface area is 186 Å². The first-order chi connectivity index (χ1) is 15.3. The van der Waals surface area contributed by atoms with Crippen molar-refractivity contribution in [3.05, 3.63) is 71.4 Å². The third kappa shape index (κ3) is 4.03. The van der Waals surface area contributed by atoms with E-state index in [0.29, 0.717) is 24.3 Å². The molecule has 0 radical (unpaired) electrons. The molecule has 3 N–H and O–H groups in total. The molecule has 1 aliphatic rings. The molecule has 0 aliphatic heterocycles. The van der Waals surface area contributed by atoms with Gasteiger partial charge in [-0.05, 0) is 57.0 Å². The molecule has 4 rings (SSSR count). The standard InChI is InChI=1S/C25H27N3O4/c1-15(2)26-24(30)25(13-21(25)23(29)28-31)18-7-6-8-19(12-18)32-14-17-11-16(3)27-22-10-5-4-9-20(17)22/h4-12,15,21,31H,13-14H2,1-3H3,(H,26,30)(H,28,29)/t21-,25-/m0/s1. The molecule has 2 aromatic carbocycles. The van der Waals surface area contributed by atoms with E-state index in [9.17, 15) is 9.59 Å². The van der Waals surface area contributed by atoms with Crippen LogP contribution in [0.2, 0.25) is 0 Å². The Hall–Kier alpha value is -3.45. The van der Waals surface area contributed by atoms with E-state index < -0.39 is 17.2 Å². The van der Waals surface area contributed by atoms with Gasteiger partial charge in [-0.15, -0.1) is 0 Å². The Bertz CT molecular complexity index is 1180. The Kier molecular flexibility index (Phi) is 5.84. The van der Waals surface area contributed by atoms with Crippen molar-refractivity contribution in [1.82, 2.24) is 15.8 Å². The molecule has 3 aromatic rings. The topological polar surface area (TPSA) is 101 Å². The van der Waals surface area contributed by atoms with Crippen molar-refractivity contribution in [2.24, 2.45) is 5.92 Å². The fourth-order valence-corrected chi connectivity index (χ4v) is 4.29. The van der Waals surface area contributed by atoms with E-state index >= 15 is 0 Å². The third-order valence-electron chi connectivity index (χ3n) is 5.89. The SMILES string of the molecule is Cc1cc(COc2cccc([C@@]3(C(=O)NC(C)C)C[C@H]3C(=O)NO)c2)c2ccccc2n1. The molecule has 0 saturated heterocycles. The van der Waals surface area contributed by atoms with Gasteiger partial charge in [0.25, 0.3) is 0 Å². The van der Waals surface area contributed by atoms with E-state index in [1.54, 1.807) is 11.5 Å². The van der Waals surface area contributed by atoms with Crippen LogP contribution in [0.4, 0.5) is 0 Å². The summed E-state index contributed by atoms with van der Waals surface area (Å²) in [5, 5.41) is 13.0. The fraction of sp³-hybridized carbons (Fsp3) is 0.320. The van der Waals surface area contributed by atoms with Gasteiger partial charge in [-0.25, -0.2) is 5.48 Å². The number of ether oxygens (including phenoxy) is 1. The van der Waals surface area contributed by atoms with E-state index in [2.05, 4.69) is 10.3 Å². The number of aryl methyl sites for hydroxylation is 1. The van der Waals surface area contributed by atoms with Crippen molar-refractivity contribution in [1.29, 1.82) is 0 Å². The van der Waals surface area contributed by atoms with Gasteiger partial charge >= 0.3 is 0 Å². The molecular formula is C25H27N3O4. The minimum absolute atomic E-state index is 0.0690. The molecule has 7 heteroatoms. The Morgan fingerprint density at radius 1 is 1.19 bits per heavy atom. The number of para-hydroxylation sites is 1. The highest BCUT2D eigenvalue weighted by atomic mass is 16.5. The normalized spacial score (nSPS) is 19.6. The van der Waals surface area contributed by atoms with Crippen LogP contribution in [0.25, 0.3) is 10.9 Å². The Morgan fingerprint density at radius 2 is 1.97 bits per heavy atom. The first kappa shape index (κ1) is 21.8. The minimum Gasteiger partial charge on any atom is -0.489 e. The second kappa shape index (κ2) is 8.59. The quantitative estimate of drug-likeness (QED) is 0.392. The lowest BCUT2D eigenvalue weighted by Crippen LogP contribution is -2.41. The molecule has 0 bridgehead atoms. The van der Waals surface area contributed by atoms with Gasteiger partial charge in [0.1, 0.15) is 12.4 Å². The monoisotopic (exact) mass is 433 g/mol. The maximum Gasteiger partial charge on any atom is 0.247 e. The van der Waals surface area contributed by atoms with Gasteiger partial charge in [0, 0.05) is 22.7 Å². The number of fused-ring (bicyclic) bond motifs is 1. The van der Waals surface area contributed by atoms with Crippen LogP contribution < -0.4 is 15.5 Å². The summed E-state index contributed by atoms with van der Waals surface area (Å²) in [4.78, 5) is 29.7. The van der Waals surface area contributed by atoms with Crippen LogP contribution in [0.3, 0.4) is 0 Å². The van der Waals surface area contributed by atoms with Gasteiger partial charge < -0.3 is 10.1 Å². The number of carbonyl (C=O) groups excluding carboxylic acids is 2. The van der Waals surface area contributed by atoms with Crippen molar-refractivity contribution in [3.8, 4) is 5.75 Å². The van der Waals surface area contributed by atoms with Crippen molar-refractivity contribution in [2.45, 2.75) is 45.3 Å². The number of nitrogens with zero attached hydrogens (tertiary/aromatic N) is 1.